The van der Waals surface area contributed by atoms with Gasteiger partial charge in [-0.15, -0.1) is 0 Å². The van der Waals surface area contributed by atoms with Gasteiger partial charge in [0.05, 0.1) is 12.2 Å². The van der Waals surface area contributed by atoms with E-state index in [9.17, 15) is 31.5 Å². The van der Waals surface area contributed by atoms with E-state index in [4.69, 9.17) is 0 Å². The lowest BCUT2D eigenvalue weighted by atomic mass is 10.0. The Hall–Kier alpha value is -2.03. The minimum Gasteiger partial charge on any atom is -0.464 e. The Balaban J connectivity index is 2.32. The second-order valence-electron chi connectivity index (χ2n) is 4.04. The monoisotopic (exact) mass is 310 g/mol. The van der Waals surface area contributed by atoms with E-state index < -0.39 is 58.6 Å². The topological polar surface area (TPSA) is 55.9 Å². The van der Waals surface area contributed by atoms with Crippen molar-refractivity contribution in [1.29, 1.82) is 0 Å². The van der Waals surface area contributed by atoms with E-state index in [-0.39, 0.29) is 6.61 Å². The molecule has 4 nitrogen and oxygen atoms in total. The summed E-state index contributed by atoms with van der Waals surface area (Å²) in [7, 11) is 0. The number of halogens is 5. The van der Waals surface area contributed by atoms with Crippen LogP contribution >= 0.6 is 0 Å². The van der Waals surface area contributed by atoms with Gasteiger partial charge in [0.25, 0.3) is 0 Å². The van der Waals surface area contributed by atoms with Crippen LogP contribution in [0, 0.1) is 29.1 Å². The molecule has 1 aliphatic heterocycles. The lowest BCUT2D eigenvalue weighted by Gasteiger charge is -2.05. The molecule has 1 fully saturated rings. The zero-order valence-corrected chi connectivity index (χ0v) is 10.4. The molecule has 1 aliphatic rings. The van der Waals surface area contributed by atoms with Gasteiger partial charge in [-0.1, -0.05) is 0 Å². The normalized spacial score (nSPS) is 20.3. The Bertz CT molecular complexity index is 602. The average Bonchev–Trinajstić information content (AvgIpc) is 3.24. The van der Waals surface area contributed by atoms with Crippen LogP contribution in [0.25, 0.3) is 0 Å². The summed E-state index contributed by atoms with van der Waals surface area (Å²) in [6.45, 7) is 1.45. The number of benzene rings is 1. The Morgan fingerprint density at radius 1 is 0.952 bits per heavy atom. The van der Waals surface area contributed by atoms with Gasteiger partial charge in [0, 0.05) is 0 Å². The van der Waals surface area contributed by atoms with Crippen LogP contribution in [0.3, 0.4) is 0 Å². The van der Waals surface area contributed by atoms with Gasteiger partial charge in [0.15, 0.2) is 35.5 Å². The average molecular weight is 310 g/mol. The summed E-state index contributed by atoms with van der Waals surface area (Å²) in [4.78, 5) is 22.9. The molecule has 0 radical (unpaired) electrons. The van der Waals surface area contributed by atoms with Crippen molar-refractivity contribution in [2.24, 2.45) is 0 Å². The van der Waals surface area contributed by atoms with Crippen molar-refractivity contribution >= 4 is 11.8 Å². The summed E-state index contributed by atoms with van der Waals surface area (Å²) in [6.07, 6.45) is -3.04. The third-order valence-electron chi connectivity index (χ3n) is 2.73. The van der Waals surface area contributed by atoms with Crippen LogP contribution in [-0.4, -0.2) is 30.6 Å². The molecule has 0 amide bonds. The van der Waals surface area contributed by atoms with Gasteiger partial charge >= 0.3 is 5.97 Å². The van der Waals surface area contributed by atoms with Crippen LogP contribution in [-0.2, 0) is 14.3 Å². The van der Waals surface area contributed by atoms with Gasteiger partial charge in [0.1, 0.15) is 0 Å². The fourth-order valence-corrected chi connectivity index (χ4v) is 1.68. The first-order valence-corrected chi connectivity index (χ1v) is 5.69. The predicted octanol–water partition coefficient (Wildman–Crippen LogP) is 1.90. The van der Waals surface area contributed by atoms with E-state index in [1.165, 1.54) is 6.92 Å². The Kier molecular flexibility index (Phi) is 3.95. The first kappa shape index (κ1) is 15.4. The highest BCUT2D eigenvalue weighted by molar-refractivity contribution is 6.05. The van der Waals surface area contributed by atoms with E-state index >= 15 is 0 Å². The molecule has 2 unspecified atom stereocenters. The molecule has 1 aromatic rings. The van der Waals surface area contributed by atoms with E-state index in [2.05, 4.69) is 9.47 Å². The SMILES string of the molecule is CCOC(=O)C1OC1C(=O)c1c(F)c(F)c(F)c(F)c1F. The first-order valence-electron chi connectivity index (χ1n) is 5.69. The minimum atomic E-state index is -2.37. The van der Waals surface area contributed by atoms with Gasteiger partial charge in [-0.25, -0.2) is 26.7 Å². The maximum absolute atomic E-state index is 13.4. The highest BCUT2D eigenvalue weighted by Gasteiger charge is 2.53. The Morgan fingerprint density at radius 2 is 1.43 bits per heavy atom. The highest BCUT2D eigenvalue weighted by atomic mass is 19.2. The highest BCUT2D eigenvalue weighted by Crippen LogP contribution is 2.31. The molecule has 1 saturated heterocycles. The van der Waals surface area contributed by atoms with Gasteiger partial charge < -0.3 is 9.47 Å². The molecule has 1 heterocycles. The minimum absolute atomic E-state index is 0.0257. The van der Waals surface area contributed by atoms with Crippen molar-refractivity contribution in [1.82, 2.24) is 0 Å². The summed E-state index contributed by atoms with van der Waals surface area (Å²) in [5.41, 5.74) is -1.64. The van der Waals surface area contributed by atoms with Gasteiger partial charge in [-0.2, -0.15) is 0 Å². The second kappa shape index (κ2) is 5.40. The standard InChI is InChI=1S/C12H7F5O4/c1-2-20-12(19)11-10(21-11)9(18)3-4(13)6(15)8(17)7(16)5(3)14/h10-11H,2H2,1H3. The van der Waals surface area contributed by atoms with Crippen LogP contribution in [0.5, 0.6) is 0 Å². The molecule has 0 bridgehead atoms. The number of Topliss-reactive ketones (excluding diaryl/α,β-unsaturated/α-hetero) is 1. The van der Waals surface area contributed by atoms with Gasteiger partial charge in [0.2, 0.25) is 11.6 Å². The molecule has 0 spiro atoms. The fourth-order valence-electron chi connectivity index (χ4n) is 1.68. The third-order valence-corrected chi connectivity index (χ3v) is 2.73. The summed E-state index contributed by atoms with van der Waals surface area (Å²) in [5, 5.41) is 0. The second-order valence-corrected chi connectivity index (χ2v) is 4.04. The van der Waals surface area contributed by atoms with Crippen LogP contribution in [0.15, 0.2) is 0 Å². The number of hydrogen-bond acceptors (Lipinski definition) is 4. The lowest BCUT2D eigenvalue weighted by molar-refractivity contribution is -0.144. The molecule has 0 N–H and O–H groups in total. The summed E-state index contributed by atoms with van der Waals surface area (Å²) in [6, 6.07) is 0. The maximum atomic E-state index is 13.4. The van der Waals surface area contributed by atoms with Gasteiger partial charge in [-0.3, -0.25) is 4.79 Å². The van der Waals surface area contributed by atoms with Crippen molar-refractivity contribution in [2.45, 2.75) is 19.1 Å². The maximum Gasteiger partial charge on any atom is 0.338 e. The molecule has 2 atom stereocenters. The smallest absolute Gasteiger partial charge is 0.338 e. The van der Waals surface area contributed by atoms with Gasteiger partial charge in [-0.05, 0) is 6.92 Å². The summed E-state index contributed by atoms with van der Waals surface area (Å²) >= 11 is 0. The number of esters is 1. The largest absolute Gasteiger partial charge is 0.464 e. The number of carbonyl (C=O) groups excluding carboxylic acids is 2. The molecule has 2 rings (SSSR count). The molecule has 21 heavy (non-hydrogen) atoms. The van der Waals surface area contributed by atoms with Crippen molar-refractivity contribution in [2.75, 3.05) is 6.61 Å². The van der Waals surface area contributed by atoms with Crippen LogP contribution in [0.2, 0.25) is 0 Å². The molecular formula is C12H7F5O4. The van der Waals surface area contributed by atoms with E-state index in [0.29, 0.717) is 0 Å². The molecule has 1 aromatic carbocycles. The first-order chi connectivity index (χ1) is 9.81. The fraction of sp³-hybridized carbons (Fsp3) is 0.333. The zero-order chi connectivity index (χ0) is 15.9. The molecular weight excluding hydrogens is 303 g/mol. The Labute approximate surface area is 114 Å². The molecule has 114 valence electrons. The molecule has 0 aliphatic carbocycles. The zero-order valence-electron chi connectivity index (χ0n) is 10.4. The van der Waals surface area contributed by atoms with E-state index in [1.54, 1.807) is 0 Å². The van der Waals surface area contributed by atoms with Crippen LogP contribution in [0.1, 0.15) is 17.3 Å². The number of ether oxygens (including phenoxy) is 2. The number of ketones is 1. The van der Waals surface area contributed by atoms with Crippen molar-refractivity contribution < 1.29 is 41.0 Å². The summed E-state index contributed by atoms with van der Waals surface area (Å²) < 4.78 is 74.7. The predicted molar refractivity (Wildman–Crippen MR) is 55.9 cm³/mol. The van der Waals surface area contributed by atoms with Crippen molar-refractivity contribution in [3.63, 3.8) is 0 Å². The quantitative estimate of drug-likeness (QED) is 0.213. The summed E-state index contributed by atoms with van der Waals surface area (Å²) in [5.74, 6) is -13.9. The van der Waals surface area contributed by atoms with E-state index in [1.807, 2.05) is 0 Å². The van der Waals surface area contributed by atoms with Crippen LogP contribution < -0.4 is 0 Å². The van der Waals surface area contributed by atoms with Crippen LogP contribution in [0.4, 0.5) is 22.0 Å². The molecule has 9 heteroatoms. The van der Waals surface area contributed by atoms with E-state index in [0.717, 1.165) is 0 Å². The number of rotatable bonds is 4. The lowest BCUT2D eigenvalue weighted by Crippen LogP contribution is -2.22. The number of epoxide rings is 1. The third kappa shape index (κ3) is 2.48. The number of hydrogen-bond donors (Lipinski definition) is 0. The number of carbonyl (C=O) groups is 2. The Morgan fingerprint density at radius 3 is 1.90 bits per heavy atom. The molecule has 0 aromatic heterocycles. The van der Waals surface area contributed by atoms with Crippen molar-refractivity contribution in [3.8, 4) is 0 Å². The van der Waals surface area contributed by atoms with Crippen molar-refractivity contribution in [3.05, 3.63) is 34.6 Å². The molecule has 0 saturated carbocycles.